The molecule has 0 aromatic heterocycles. The van der Waals surface area contributed by atoms with E-state index in [1.807, 2.05) is 0 Å². The highest BCUT2D eigenvalue weighted by Gasteiger charge is 2.10. The highest BCUT2D eigenvalue weighted by Crippen LogP contribution is 2.21. The third-order valence-electron chi connectivity index (χ3n) is 1.89. The number of nitrogens with one attached hydrogen (secondary N) is 1. The number of rotatable bonds is 5. The Labute approximate surface area is 98.3 Å². The monoisotopic (exact) mass is 247 g/mol. The van der Waals surface area contributed by atoms with Crippen LogP contribution in [0.5, 0.6) is 0 Å². The minimum atomic E-state index is -0.409. The average molecular weight is 248 g/mol. The summed E-state index contributed by atoms with van der Waals surface area (Å²) < 4.78 is 0. The van der Waals surface area contributed by atoms with Gasteiger partial charge >= 0.3 is 0 Å². The van der Waals surface area contributed by atoms with Crippen LogP contribution in [0.2, 0.25) is 10.0 Å². The first-order valence-electron chi connectivity index (χ1n) is 4.35. The van der Waals surface area contributed by atoms with Crippen molar-refractivity contribution in [1.82, 2.24) is 5.48 Å². The van der Waals surface area contributed by atoms with Crippen molar-refractivity contribution in [3.8, 4) is 0 Å². The van der Waals surface area contributed by atoms with Crippen LogP contribution in [-0.2, 0) is 16.1 Å². The van der Waals surface area contributed by atoms with Gasteiger partial charge in [0.15, 0.2) is 0 Å². The first kappa shape index (κ1) is 12.5. The number of hydroxylamine groups is 1. The van der Waals surface area contributed by atoms with Gasteiger partial charge in [-0.25, -0.2) is 0 Å². The second kappa shape index (κ2) is 6.08. The van der Waals surface area contributed by atoms with E-state index in [9.17, 15) is 4.79 Å². The Bertz CT molecular complexity index is 344. The van der Waals surface area contributed by atoms with E-state index in [0.29, 0.717) is 16.5 Å². The number of hydrogen-bond acceptors (Lipinski definition) is 3. The summed E-state index contributed by atoms with van der Waals surface area (Å²) in [6, 6.07) is 4.76. The van der Waals surface area contributed by atoms with Crippen molar-refractivity contribution in [2.24, 2.45) is 0 Å². The SMILES string of the molecule is CONC(C=O)Cc1ccc(Cl)cc1Cl. The molecule has 0 spiro atoms. The van der Waals surface area contributed by atoms with Gasteiger partial charge in [0.2, 0.25) is 0 Å². The van der Waals surface area contributed by atoms with Crippen LogP contribution in [-0.4, -0.2) is 19.4 Å². The highest BCUT2D eigenvalue weighted by molar-refractivity contribution is 6.35. The molecule has 0 aliphatic carbocycles. The maximum absolute atomic E-state index is 10.7. The van der Waals surface area contributed by atoms with Gasteiger partial charge in [-0.2, -0.15) is 5.48 Å². The van der Waals surface area contributed by atoms with Crippen LogP contribution in [0.1, 0.15) is 5.56 Å². The van der Waals surface area contributed by atoms with Crippen LogP contribution < -0.4 is 5.48 Å². The molecule has 0 aliphatic heterocycles. The van der Waals surface area contributed by atoms with E-state index in [1.165, 1.54) is 7.11 Å². The van der Waals surface area contributed by atoms with Crippen LogP contribution in [0.25, 0.3) is 0 Å². The molecule has 0 amide bonds. The van der Waals surface area contributed by atoms with Gasteiger partial charge in [-0.3, -0.25) is 0 Å². The molecular weight excluding hydrogens is 237 g/mol. The number of halogens is 2. The predicted molar refractivity (Wildman–Crippen MR) is 60.2 cm³/mol. The first-order chi connectivity index (χ1) is 7.17. The summed E-state index contributed by atoms with van der Waals surface area (Å²) in [6.45, 7) is 0. The van der Waals surface area contributed by atoms with E-state index in [0.717, 1.165) is 11.8 Å². The van der Waals surface area contributed by atoms with E-state index in [-0.39, 0.29) is 0 Å². The predicted octanol–water partition coefficient (Wildman–Crippen LogP) is 2.25. The molecule has 0 aliphatic rings. The third kappa shape index (κ3) is 3.80. The summed E-state index contributed by atoms with van der Waals surface area (Å²) in [7, 11) is 1.46. The van der Waals surface area contributed by atoms with Crippen molar-refractivity contribution in [1.29, 1.82) is 0 Å². The Kier molecular flexibility index (Phi) is 5.05. The summed E-state index contributed by atoms with van der Waals surface area (Å²) in [5, 5.41) is 1.12. The van der Waals surface area contributed by atoms with Crippen molar-refractivity contribution in [2.75, 3.05) is 7.11 Å². The Hall–Kier alpha value is -0.610. The van der Waals surface area contributed by atoms with Gasteiger partial charge in [-0.1, -0.05) is 29.3 Å². The lowest BCUT2D eigenvalue weighted by Crippen LogP contribution is -2.31. The minimum Gasteiger partial charge on any atom is -0.304 e. The zero-order valence-electron chi connectivity index (χ0n) is 8.17. The summed E-state index contributed by atoms with van der Waals surface area (Å²) in [5.41, 5.74) is 3.41. The summed E-state index contributed by atoms with van der Waals surface area (Å²) in [6.07, 6.45) is 1.24. The zero-order chi connectivity index (χ0) is 11.3. The maximum atomic E-state index is 10.7. The van der Waals surface area contributed by atoms with E-state index in [4.69, 9.17) is 23.2 Å². The second-order valence-electron chi connectivity index (χ2n) is 3.00. The van der Waals surface area contributed by atoms with Crippen LogP contribution in [0, 0.1) is 0 Å². The molecule has 0 saturated heterocycles. The molecule has 1 unspecified atom stereocenters. The second-order valence-corrected chi connectivity index (χ2v) is 3.85. The number of benzene rings is 1. The van der Waals surface area contributed by atoms with Gasteiger partial charge in [0.1, 0.15) is 6.29 Å². The first-order valence-corrected chi connectivity index (χ1v) is 5.10. The van der Waals surface area contributed by atoms with Crippen LogP contribution >= 0.6 is 23.2 Å². The minimum absolute atomic E-state index is 0.409. The van der Waals surface area contributed by atoms with Crippen molar-refractivity contribution >= 4 is 29.5 Å². The van der Waals surface area contributed by atoms with E-state index < -0.39 is 6.04 Å². The molecule has 1 aromatic carbocycles. The molecule has 1 atom stereocenters. The molecule has 0 fully saturated rings. The van der Waals surface area contributed by atoms with E-state index >= 15 is 0 Å². The molecule has 82 valence electrons. The molecule has 1 aromatic rings. The molecule has 0 saturated carbocycles. The van der Waals surface area contributed by atoms with Gasteiger partial charge in [0, 0.05) is 10.0 Å². The van der Waals surface area contributed by atoms with Crippen molar-refractivity contribution < 1.29 is 9.63 Å². The lowest BCUT2D eigenvalue weighted by molar-refractivity contribution is -0.112. The third-order valence-corrected chi connectivity index (χ3v) is 2.48. The van der Waals surface area contributed by atoms with Gasteiger partial charge in [-0.05, 0) is 24.1 Å². The fourth-order valence-corrected chi connectivity index (χ4v) is 1.68. The van der Waals surface area contributed by atoms with Gasteiger partial charge in [0.25, 0.3) is 0 Å². The molecule has 0 radical (unpaired) electrons. The Morgan fingerprint density at radius 3 is 2.80 bits per heavy atom. The van der Waals surface area contributed by atoms with Gasteiger partial charge in [-0.15, -0.1) is 0 Å². The van der Waals surface area contributed by atoms with Crippen molar-refractivity contribution in [2.45, 2.75) is 12.5 Å². The largest absolute Gasteiger partial charge is 0.304 e. The average Bonchev–Trinajstić information content (AvgIpc) is 2.21. The Balaban J connectivity index is 2.74. The summed E-state index contributed by atoms with van der Waals surface area (Å²) >= 11 is 11.7. The fraction of sp³-hybridized carbons (Fsp3) is 0.300. The lowest BCUT2D eigenvalue weighted by Gasteiger charge is -2.11. The van der Waals surface area contributed by atoms with Crippen LogP contribution in [0.4, 0.5) is 0 Å². The Morgan fingerprint density at radius 2 is 2.27 bits per heavy atom. The van der Waals surface area contributed by atoms with Crippen molar-refractivity contribution in [3.05, 3.63) is 33.8 Å². The van der Waals surface area contributed by atoms with E-state index in [2.05, 4.69) is 10.3 Å². The van der Waals surface area contributed by atoms with Crippen LogP contribution in [0.3, 0.4) is 0 Å². The summed E-state index contributed by atoms with van der Waals surface area (Å²) in [5.74, 6) is 0. The topological polar surface area (TPSA) is 38.3 Å². The molecule has 5 heteroatoms. The standard InChI is InChI=1S/C10H11Cl2NO2/c1-15-13-9(6-14)4-7-2-3-8(11)5-10(7)12/h2-3,5-6,9,13H,4H2,1H3. The van der Waals surface area contributed by atoms with Crippen molar-refractivity contribution in [3.63, 3.8) is 0 Å². The zero-order valence-corrected chi connectivity index (χ0v) is 9.68. The molecule has 1 rings (SSSR count). The molecule has 0 bridgehead atoms. The number of hydrogen-bond donors (Lipinski definition) is 1. The molecule has 15 heavy (non-hydrogen) atoms. The number of aldehydes is 1. The maximum Gasteiger partial charge on any atom is 0.139 e. The van der Waals surface area contributed by atoms with Gasteiger partial charge in [0.05, 0.1) is 13.2 Å². The fourth-order valence-electron chi connectivity index (χ4n) is 1.19. The summed E-state index contributed by atoms with van der Waals surface area (Å²) in [4.78, 5) is 15.3. The number of carbonyl (C=O) groups is 1. The Morgan fingerprint density at radius 1 is 1.53 bits per heavy atom. The molecule has 1 N–H and O–H groups in total. The number of carbonyl (C=O) groups excluding carboxylic acids is 1. The highest BCUT2D eigenvalue weighted by atomic mass is 35.5. The quantitative estimate of drug-likeness (QED) is 0.641. The van der Waals surface area contributed by atoms with E-state index in [1.54, 1.807) is 18.2 Å². The normalized spacial score (nSPS) is 12.5. The van der Waals surface area contributed by atoms with Crippen LogP contribution in [0.15, 0.2) is 18.2 Å². The molecule has 0 heterocycles. The molecule has 3 nitrogen and oxygen atoms in total. The smallest absolute Gasteiger partial charge is 0.139 e. The lowest BCUT2D eigenvalue weighted by atomic mass is 10.1. The van der Waals surface area contributed by atoms with Gasteiger partial charge < -0.3 is 9.63 Å². The molecular formula is C10H11Cl2NO2.